The topological polar surface area (TPSA) is 61.5 Å². The lowest BCUT2D eigenvalue weighted by Gasteiger charge is -2.29. The quantitative estimate of drug-likeness (QED) is 0.577. The summed E-state index contributed by atoms with van der Waals surface area (Å²) in [6.45, 7) is 0.913. The molecule has 4 N–H and O–H groups in total. The van der Waals surface area contributed by atoms with Crippen LogP contribution in [0.3, 0.4) is 0 Å². The molecule has 1 aromatic heterocycles. The standard InChI is InChI=1S/C18H15N3O/c22-17-18(13-6-2-4-8-15(13)21-17)16-12(9-10-19-18)11-5-1-3-7-14(11)20-16/h1-8,19-20H,9-10H2,(H,21,22)/p+1/t18-/m1/s1. The number of rotatable bonds is 0. The van der Waals surface area contributed by atoms with Crippen LogP contribution < -0.4 is 10.6 Å². The molecule has 3 heterocycles. The van der Waals surface area contributed by atoms with Crippen molar-refractivity contribution >= 4 is 22.5 Å². The number of hydrogen-bond acceptors (Lipinski definition) is 1. The maximum absolute atomic E-state index is 12.9. The van der Waals surface area contributed by atoms with Gasteiger partial charge in [-0.25, -0.2) is 0 Å². The first-order valence-electron chi connectivity index (χ1n) is 7.66. The number of nitrogens with two attached hydrogens (primary N) is 1. The Balaban J connectivity index is 1.87. The fraction of sp³-hybridized carbons (Fsp3) is 0.167. The van der Waals surface area contributed by atoms with Crippen LogP contribution in [0.15, 0.2) is 48.5 Å². The van der Waals surface area contributed by atoms with Gasteiger partial charge in [0.1, 0.15) is 0 Å². The van der Waals surface area contributed by atoms with Crippen molar-refractivity contribution in [3.8, 4) is 0 Å². The number of benzene rings is 2. The lowest BCUT2D eigenvalue weighted by atomic mass is 9.82. The third kappa shape index (κ3) is 1.28. The van der Waals surface area contributed by atoms with Gasteiger partial charge in [-0.15, -0.1) is 0 Å². The van der Waals surface area contributed by atoms with Crippen molar-refractivity contribution in [1.29, 1.82) is 0 Å². The molecule has 1 spiro atoms. The van der Waals surface area contributed by atoms with E-state index >= 15 is 0 Å². The van der Waals surface area contributed by atoms with Crippen LogP contribution in [0.5, 0.6) is 0 Å². The van der Waals surface area contributed by atoms with Crippen molar-refractivity contribution in [2.75, 3.05) is 11.9 Å². The molecule has 1 amide bonds. The number of carbonyl (C=O) groups is 1. The molecule has 1 atom stereocenters. The number of anilines is 1. The van der Waals surface area contributed by atoms with Crippen molar-refractivity contribution in [3.05, 3.63) is 65.4 Å². The van der Waals surface area contributed by atoms with E-state index in [4.69, 9.17) is 0 Å². The molecule has 2 aromatic carbocycles. The largest absolute Gasteiger partial charge is 0.352 e. The van der Waals surface area contributed by atoms with Crippen LogP contribution in [0.4, 0.5) is 5.69 Å². The molecule has 4 heteroatoms. The van der Waals surface area contributed by atoms with Crippen molar-refractivity contribution in [2.45, 2.75) is 12.0 Å². The Bertz CT molecular complexity index is 927. The zero-order chi connectivity index (χ0) is 14.7. The number of H-pyrrole nitrogens is 1. The summed E-state index contributed by atoms with van der Waals surface area (Å²) in [5.74, 6) is 0.0567. The summed E-state index contributed by atoms with van der Waals surface area (Å²) in [6.07, 6.45) is 0.983. The summed E-state index contributed by atoms with van der Waals surface area (Å²) in [6, 6.07) is 16.3. The Kier molecular flexibility index (Phi) is 2.18. The van der Waals surface area contributed by atoms with Gasteiger partial charge < -0.3 is 15.6 Å². The summed E-state index contributed by atoms with van der Waals surface area (Å²) in [5, 5.41) is 6.46. The Hall–Kier alpha value is -2.59. The number of carbonyl (C=O) groups excluding carboxylic acids is 1. The highest BCUT2D eigenvalue weighted by Crippen LogP contribution is 2.41. The Morgan fingerprint density at radius 3 is 2.82 bits per heavy atom. The smallest absolute Gasteiger partial charge is 0.297 e. The van der Waals surface area contributed by atoms with E-state index in [9.17, 15) is 4.79 Å². The maximum atomic E-state index is 12.9. The minimum Gasteiger partial charge on any atom is -0.352 e. The van der Waals surface area contributed by atoms with Gasteiger partial charge in [0.05, 0.1) is 23.5 Å². The van der Waals surface area contributed by atoms with E-state index in [1.165, 1.54) is 10.9 Å². The van der Waals surface area contributed by atoms with E-state index in [0.717, 1.165) is 35.4 Å². The zero-order valence-corrected chi connectivity index (χ0v) is 12.0. The molecule has 3 aromatic rings. The first-order chi connectivity index (χ1) is 10.8. The van der Waals surface area contributed by atoms with E-state index in [2.05, 4.69) is 39.9 Å². The van der Waals surface area contributed by atoms with Crippen molar-refractivity contribution in [3.63, 3.8) is 0 Å². The van der Waals surface area contributed by atoms with Crippen LogP contribution >= 0.6 is 0 Å². The summed E-state index contributed by atoms with van der Waals surface area (Å²) >= 11 is 0. The molecule has 0 saturated heterocycles. The summed E-state index contributed by atoms with van der Waals surface area (Å²) in [5.41, 5.74) is 4.76. The number of nitrogens with one attached hydrogen (secondary N) is 2. The fourth-order valence-electron chi connectivity index (χ4n) is 4.06. The van der Waals surface area contributed by atoms with Crippen LogP contribution in [-0.2, 0) is 16.8 Å². The van der Waals surface area contributed by atoms with Gasteiger partial charge in [0.2, 0.25) is 5.54 Å². The van der Waals surface area contributed by atoms with Crippen LogP contribution in [0.1, 0.15) is 16.8 Å². The third-order valence-electron chi connectivity index (χ3n) is 5.01. The molecule has 0 radical (unpaired) electrons. The molecule has 0 bridgehead atoms. The second-order valence-corrected chi connectivity index (χ2v) is 6.07. The highest BCUT2D eigenvalue weighted by Gasteiger charge is 2.55. The van der Waals surface area contributed by atoms with Crippen molar-refractivity contribution < 1.29 is 10.1 Å². The monoisotopic (exact) mass is 290 g/mol. The second-order valence-electron chi connectivity index (χ2n) is 6.07. The minimum absolute atomic E-state index is 0.0567. The highest BCUT2D eigenvalue weighted by molar-refractivity contribution is 6.08. The number of hydrogen-bond donors (Lipinski definition) is 3. The molecule has 0 saturated carbocycles. The number of fused-ring (bicyclic) bond motifs is 6. The van der Waals surface area contributed by atoms with Crippen molar-refractivity contribution in [2.24, 2.45) is 0 Å². The molecule has 4 nitrogen and oxygen atoms in total. The molecule has 108 valence electrons. The number of aromatic nitrogens is 1. The first-order valence-corrected chi connectivity index (χ1v) is 7.66. The van der Waals surface area contributed by atoms with Gasteiger partial charge in [0.25, 0.3) is 5.91 Å². The van der Waals surface area contributed by atoms with E-state index in [1.807, 2.05) is 24.3 Å². The molecule has 0 fully saturated rings. The predicted molar refractivity (Wildman–Crippen MR) is 84.6 cm³/mol. The Morgan fingerprint density at radius 2 is 1.86 bits per heavy atom. The van der Waals surface area contributed by atoms with Crippen molar-refractivity contribution in [1.82, 2.24) is 4.98 Å². The van der Waals surface area contributed by atoms with Gasteiger partial charge >= 0.3 is 0 Å². The van der Waals surface area contributed by atoms with Gasteiger partial charge in [-0.1, -0.05) is 30.3 Å². The molecule has 2 aliphatic heterocycles. The highest BCUT2D eigenvalue weighted by atomic mass is 16.2. The summed E-state index contributed by atoms with van der Waals surface area (Å²) < 4.78 is 0. The van der Waals surface area contributed by atoms with Crippen LogP contribution in [0, 0.1) is 0 Å². The Morgan fingerprint density at radius 1 is 1.05 bits per heavy atom. The third-order valence-corrected chi connectivity index (χ3v) is 5.01. The number of para-hydroxylation sites is 2. The lowest BCUT2D eigenvalue weighted by Crippen LogP contribution is -2.98. The molecule has 5 rings (SSSR count). The SMILES string of the molecule is O=C1Nc2ccccc2[C@]12[NH2+]CCc1c2[nH]c2ccccc12. The minimum atomic E-state index is -0.663. The first kappa shape index (κ1) is 12.0. The van der Waals surface area contributed by atoms with Gasteiger partial charge in [-0.05, 0) is 23.8 Å². The average Bonchev–Trinajstić information content (AvgIpc) is 3.06. The van der Waals surface area contributed by atoms with Gasteiger partial charge in [0.15, 0.2) is 0 Å². The second kappa shape index (κ2) is 3.99. The van der Waals surface area contributed by atoms with E-state index in [0.29, 0.717) is 0 Å². The van der Waals surface area contributed by atoms with E-state index < -0.39 is 5.54 Å². The van der Waals surface area contributed by atoms with Gasteiger partial charge in [-0.3, -0.25) is 4.79 Å². The molecular formula is C18H16N3O+. The summed E-state index contributed by atoms with van der Waals surface area (Å²) in [7, 11) is 0. The van der Waals surface area contributed by atoms with E-state index in [1.54, 1.807) is 0 Å². The predicted octanol–water partition coefficient (Wildman–Crippen LogP) is 1.48. The number of aromatic amines is 1. The van der Waals surface area contributed by atoms with E-state index in [-0.39, 0.29) is 5.91 Å². The number of amides is 1. The molecule has 2 aliphatic rings. The molecule has 0 aliphatic carbocycles. The average molecular weight is 290 g/mol. The normalized spacial score (nSPS) is 22.6. The van der Waals surface area contributed by atoms with Gasteiger partial charge in [0, 0.05) is 17.3 Å². The maximum Gasteiger partial charge on any atom is 0.297 e. The van der Waals surface area contributed by atoms with Crippen LogP contribution in [0.2, 0.25) is 0 Å². The fourth-order valence-corrected chi connectivity index (χ4v) is 4.06. The molecule has 0 unspecified atom stereocenters. The lowest BCUT2D eigenvalue weighted by molar-refractivity contribution is -0.713. The Labute approximate surface area is 127 Å². The van der Waals surface area contributed by atoms with Gasteiger partial charge in [-0.2, -0.15) is 0 Å². The van der Waals surface area contributed by atoms with Crippen LogP contribution in [0.25, 0.3) is 10.9 Å². The number of quaternary nitrogens is 1. The van der Waals surface area contributed by atoms with Crippen LogP contribution in [-0.4, -0.2) is 17.4 Å². The zero-order valence-electron chi connectivity index (χ0n) is 12.0. The molecule has 22 heavy (non-hydrogen) atoms. The summed E-state index contributed by atoms with van der Waals surface area (Å²) in [4.78, 5) is 16.4. The molecular weight excluding hydrogens is 274 g/mol.